The van der Waals surface area contributed by atoms with Crippen molar-refractivity contribution >= 4 is 11.9 Å². The Morgan fingerprint density at radius 3 is 2.82 bits per heavy atom. The molecule has 0 radical (unpaired) electrons. The lowest BCUT2D eigenvalue weighted by Gasteiger charge is -2.12. The Bertz CT molecular complexity index is 312. The zero-order chi connectivity index (χ0) is 12.5. The molecule has 1 amide bonds. The van der Waals surface area contributed by atoms with Crippen molar-refractivity contribution in [3.05, 3.63) is 6.39 Å². The van der Waals surface area contributed by atoms with Crippen molar-refractivity contribution in [2.45, 2.75) is 52.4 Å². The first kappa shape index (κ1) is 13.7. The smallest absolute Gasteiger partial charge is 0.322 e. The fourth-order valence-electron chi connectivity index (χ4n) is 1.77. The maximum atomic E-state index is 11.9. The number of aromatic nitrogens is 2. The normalized spacial score (nSPS) is 12.4. The lowest BCUT2D eigenvalue weighted by Crippen LogP contribution is -2.22. The standard InChI is InChI=1S/C12H21N3O2/c1-3-5-6-7-8-10(4-2)11(16)14-12-15-13-9-17-12/h9-10H,3-8H2,1-2H3,(H,14,15,16). The summed E-state index contributed by atoms with van der Waals surface area (Å²) in [6.07, 6.45) is 7.72. The molecule has 1 aromatic rings. The van der Waals surface area contributed by atoms with E-state index < -0.39 is 0 Å². The van der Waals surface area contributed by atoms with Crippen LogP contribution < -0.4 is 5.32 Å². The summed E-state index contributed by atoms with van der Waals surface area (Å²) in [5, 5.41) is 9.78. The third-order valence-electron chi connectivity index (χ3n) is 2.86. The van der Waals surface area contributed by atoms with E-state index in [-0.39, 0.29) is 17.8 Å². The van der Waals surface area contributed by atoms with Crippen LogP contribution in [-0.4, -0.2) is 16.1 Å². The fraction of sp³-hybridized carbons (Fsp3) is 0.750. The second-order valence-corrected chi connectivity index (χ2v) is 4.19. The Hall–Kier alpha value is -1.39. The van der Waals surface area contributed by atoms with Gasteiger partial charge in [0.25, 0.3) is 0 Å². The minimum absolute atomic E-state index is 0.0201. The van der Waals surface area contributed by atoms with Crippen molar-refractivity contribution in [1.29, 1.82) is 0 Å². The molecule has 0 aliphatic heterocycles. The zero-order valence-corrected chi connectivity index (χ0v) is 10.6. The van der Waals surface area contributed by atoms with Crippen molar-refractivity contribution < 1.29 is 9.21 Å². The van der Waals surface area contributed by atoms with Gasteiger partial charge >= 0.3 is 6.01 Å². The van der Waals surface area contributed by atoms with Gasteiger partial charge in [0.05, 0.1) is 0 Å². The van der Waals surface area contributed by atoms with E-state index in [4.69, 9.17) is 4.42 Å². The summed E-state index contributed by atoms with van der Waals surface area (Å²) in [5.74, 6) is 0.0204. The molecule has 0 aromatic carbocycles. The summed E-state index contributed by atoms with van der Waals surface area (Å²) in [5.41, 5.74) is 0. The van der Waals surface area contributed by atoms with Crippen LogP contribution in [0, 0.1) is 5.92 Å². The number of hydrogen-bond donors (Lipinski definition) is 1. The van der Waals surface area contributed by atoms with Crippen LogP contribution in [0.3, 0.4) is 0 Å². The minimum atomic E-state index is -0.0201. The Morgan fingerprint density at radius 1 is 1.41 bits per heavy atom. The Labute approximate surface area is 102 Å². The second kappa shape index (κ2) is 7.81. The van der Waals surface area contributed by atoms with E-state index in [2.05, 4.69) is 22.4 Å². The first-order valence-electron chi connectivity index (χ1n) is 6.35. The minimum Gasteiger partial charge on any atom is -0.411 e. The molecule has 0 saturated carbocycles. The molecule has 1 N–H and O–H groups in total. The van der Waals surface area contributed by atoms with Gasteiger partial charge in [0.15, 0.2) is 0 Å². The molecule has 5 heteroatoms. The molecule has 17 heavy (non-hydrogen) atoms. The van der Waals surface area contributed by atoms with Crippen LogP contribution in [0.25, 0.3) is 0 Å². The van der Waals surface area contributed by atoms with Crippen LogP contribution in [0.15, 0.2) is 10.8 Å². The quantitative estimate of drug-likeness (QED) is 0.708. The highest BCUT2D eigenvalue weighted by Gasteiger charge is 2.17. The van der Waals surface area contributed by atoms with Crippen LogP contribution in [0.1, 0.15) is 52.4 Å². The van der Waals surface area contributed by atoms with Crippen LogP contribution in [-0.2, 0) is 4.79 Å². The van der Waals surface area contributed by atoms with Gasteiger partial charge in [-0.15, -0.1) is 5.10 Å². The third kappa shape index (κ3) is 4.97. The van der Waals surface area contributed by atoms with E-state index in [0.717, 1.165) is 19.3 Å². The van der Waals surface area contributed by atoms with Gasteiger partial charge in [-0.2, -0.15) is 0 Å². The molecule has 0 bridgehead atoms. The third-order valence-corrected chi connectivity index (χ3v) is 2.86. The van der Waals surface area contributed by atoms with E-state index in [1.54, 1.807) is 0 Å². The predicted molar refractivity (Wildman–Crippen MR) is 65.5 cm³/mol. The SMILES string of the molecule is CCCCCCC(CC)C(=O)Nc1nnco1. The molecule has 96 valence electrons. The van der Waals surface area contributed by atoms with Crippen molar-refractivity contribution in [2.24, 2.45) is 5.92 Å². The van der Waals surface area contributed by atoms with Gasteiger partial charge in [-0.3, -0.25) is 10.1 Å². The van der Waals surface area contributed by atoms with E-state index in [9.17, 15) is 4.79 Å². The van der Waals surface area contributed by atoms with Crippen LogP contribution in [0.2, 0.25) is 0 Å². The van der Waals surface area contributed by atoms with Gasteiger partial charge in [-0.1, -0.05) is 44.6 Å². The molecular formula is C12H21N3O2. The highest BCUT2D eigenvalue weighted by atomic mass is 16.4. The Kier molecular flexibility index (Phi) is 6.29. The zero-order valence-electron chi connectivity index (χ0n) is 10.6. The average Bonchev–Trinajstić information content (AvgIpc) is 2.82. The first-order valence-corrected chi connectivity index (χ1v) is 6.35. The monoisotopic (exact) mass is 239 g/mol. The summed E-state index contributed by atoms with van der Waals surface area (Å²) in [4.78, 5) is 11.9. The molecule has 1 unspecified atom stereocenters. The van der Waals surface area contributed by atoms with Crippen LogP contribution in [0.4, 0.5) is 6.01 Å². The maximum absolute atomic E-state index is 11.9. The summed E-state index contributed by atoms with van der Waals surface area (Å²) >= 11 is 0. The second-order valence-electron chi connectivity index (χ2n) is 4.19. The van der Waals surface area contributed by atoms with Gasteiger partial charge in [0, 0.05) is 5.92 Å². The molecule has 0 fully saturated rings. The lowest BCUT2D eigenvalue weighted by molar-refractivity contribution is -0.120. The highest BCUT2D eigenvalue weighted by Crippen LogP contribution is 2.16. The van der Waals surface area contributed by atoms with Crippen molar-refractivity contribution in [3.8, 4) is 0 Å². The molecule has 1 aromatic heterocycles. The number of unbranched alkanes of at least 4 members (excludes halogenated alkanes) is 3. The van der Waals surface area contributed by atoms with E-state index in [0.29, 0.717) is 0 Å². The summed E-state index contributed by atoms with van der Waals surface area (Å²) in [7, 11) is 0. The van der Waals surface area contributed by atoms with Crippen molar-refractivity contribution in [2.75, 3.05) is 5.32 Å². The van der Waals surface area contributed by atoms with E-state index in [1.165, 1.54) is 25.7 Å². The number of rotatable bonds is 8. The highest BCUT2D eigenvalue weighted by molar-refractivity contribution is 5.90. The lowest BCUT2D eigenvalue weighted by atomic mass is 9.97. The molecule has 5 nitrogen and oxygen atoms in total. The van der Waals surface area contributed by atoms with Crippen molar-refractivity contribution in [3.63, 3.8) is 0 Å². The van der Waals surface area contributed by atoms with Gasteiger partial charge < -0.3 is 4.42 Å². The number of amides is 1. The predicted octanol–water partition coefficient (Wildman–Crippen LogP) is 3.00. The number of carbonyl (C=O) groups excluding carboxylic acids is 1. The number of carbonyl (C=O) groups is 1. The van der Waals surface area contributed by atoms with Gasteiger partial charge in [-0.05, 0) is 12.8 Å². The molecule has 1 atom stereocenters. The van der Waals surface area contributed by atoms with Gasteiger partial charge in [-0.25, -0.2) is 0 Å². The number of hydrogen-bond acceptors (Lipinski definition) is 4. The van der Waals surface area contributed by atoms with E-state index in [1.807, 2.05) is 6.92 Å². The average molecular weight is 239 g/mol. The molecule has 0 spiro atoms. The molecule has 0 aliphatic rings. The Balaban J connectivity index is 2.31. The molecule has 0 saturated heterocycles. The van der Waals surface area contributed by atoms with Gasteiger partial charge in [0.1, 0.15) is 0 Å². The maximum Gasteiger partial charge on any atom is 0.322 e. The van der Waals surface area contributed by atoms with Crippen LogP contribution in [0.5, 0.6) is 0 Å². The van der Waals surface area contributed by atoms with Crippen molar-refractivity contribution in [1.82, 2.24) is 10.2 Å². The summed E-state index contributed by atoms with van der Waals surface area (Å²) in [6, 6.07) is 0.182. The fourth-order valence-corrected chi connectivity index (χ4v) is 1.77. The topological polar surface area (TPSA) is 68.0 Å². The largest absolute Gasteiger partial charge is 0.411 e. The summed E-state index contributed by atoms with van der Waals surface area (Å²) in [6.45, 7) is 4.21. The molecule has 0 aliphatic carbocycles. The molecular weight excluding hydrogens is 218 g/mol. The Morgan fingerprint density at radius 2 is 2.24 bits per heavy atom. The number of nitrogens with zero attached hydrogens (tertiary/aromatic N) is 2. The number of nitrogens with one attached hydrogen (secondary N) is 1. The van der Waals surface area contributed by atoms with Crippen LogP contribution >= 0.6 is 0 Å². The summed E-state index contributed by atoms with van der Waals surface area (Å²) < 4.78 is 4.89. The molecule has 1 heterocycles. The van der Waals surface area contributed by atoms with Gasteiger partial charge in [0.2, 0.25) is 12.3 Å². The number of anilines is 1. The first-order chi connectivity index (χ1) is 8.27. The molecule has 1 rings (SSSR count). The van der Waals surface area contributed by atoms with E-state index >= 15 is 0 Å².